The maximum atomic E-state index is 11.2. The van der Waals surface area contributed by atoms with E-state index in [0.717, 1.165) is 5.69 Å². The number of alkyl halides is 3. The lowest BCUT2D eigenvalue weighted by atomic mass is 10.1. The van der Waals surface area contributed by atoms with Crippen molar-refractivity contribution in [2.24, 2.45) is 0 Å². The number of carbonyl (C=O) groups is 1. The summed E-state index contributed by atoms with van der Waals surface area (Å²) in [5.41, 5.74) is 0.724. The molecule has 0 atom stereocenters. The minimum Gasteiger partial charge on any atom is -0.445 e. The summed E-state index contributed by atoms with van der Waals surface area (Å²) in [6.07, 6.45) is -0.775. The zero-order valence-corrected chi connectivity index (χ0v) is 11.4. The molecule has 1 amide bonds. The van der Waals surface area contributed by atoms with Crippen LogP contribution in [0.2, 0.25) is 0 Å². The molecule has 0 saturated heterocycles. The molecular weight excluding hydrogens is 290 g/mol. The van der Waals surface area contributed by atoms with Gasteiger partial charge in [-0.15, -0.1) is 0 Å². The molecule has 5 nitrogen and oxygen atoms in total. The SMILES string of the molecule is CC(C)c1cc(NC(=O)OCC(Cl)(Cl)Cl)on1. The maximum Gasteiger partial charge on any atom is 0.414 e. The van der Waals surface area contributed by atoms with Gasteiger partial charge in [0.25, 0.3) is 0 Å². The van der Waals surface area contributed by atoms with E-state index in [2.05, 4.69) is 15.2 Å². The second-order valence-corrected chi connectivity index (χ2v) is 6.10. The highest BCUT2D eigenvalue weighted by Crippen LogP contribution is 2.26. The van der Waals surface area contributed by atoms with E-state index in [1.165, 1.54) is 0 Å². The third kappa shape index (κ3) is 5.48. The van der Waals surface area contributed by atoms with Crippen molar-refractivity contribution in [3.63, 3.8) is 0 Å². The molecule has 0 fully saturated rings. The molecule has 0 aliphatic heterocycles. The van der Waals surface area contributed by atoms with E-state index in [0.29, 0.717) is 0 Å². The van der Waals surface area contributed by atoms with Crippen molar-refractivity contribution in [2.45, 2.75) is 23.6 Å². The Kier molecular flexibility index (Phi) is 4.91. The molecule has 1 rings (SSSR count). The number of nitrogens with one attached hydrogen (secondary N) is 1. The molecule has 17 heavy (non-hydrogen) atoms. The van der Waals surface area contributed by atoms with E-state index in [4.69, 9.17) is 39.3 Å². The number of carbonyl (C=O) groups excluding carboxylic acids is 1. The van der Waals surface area contributed by atoms with Gasteiger partial charge in [0.1, 0.15) is 6.61 Å². The van der Waals surface area contributed by atoms with Crippen molar-refractivity contribution < 1.29 is 14.1 Å². The van der Waals surface area contributed by atoms with Gasteiger partial charge in [0.15, 0.2) is 0 Å². The molecule has 0 unspecified atom stereocenters. The van der Waals surface area contributed by atoms with Crippen molar-refractivity contribution in [1.82, 2.24) is 5.16 Å². The molecule has 1 aromatic rings. The smallest absolute Gasteiger partial charge is 0.414 e. The number of nitrogens with zero attached hydrogens (tertiary/aromatic N) is 1. The van der Waals surface area contributed by atoms with Crippen LogP contribution in [-0.4, -0.2) is 21.6 Å². The molecule has 96 valence electrons. The van der Waals surface area contributed by atoms with Crippen LogP contribution in [0.25, 0.3) is 0 Å². The average Bonchev–Trinajstić information content (AvgIpc) is 2.62. The van der Waals surface area contributed by atoms with Gasteiger partial charge in [-0.05, 0) is 5.92 Å². The minimum atomic E-state index is -1.64. The second kappa shape index (κ2) is 5.80. The van der Waals surface area contributed by atoms with Crippen molar-refractivity contribution in [3.05, 3.63) is 11.8 Å². The first kappa shape index (κ1) is 14.4. The number of amides is 1. The number of anilines is 1. The van der Waals surface area contributed by atoms with E-state index < -0.39 is 9.89 Å². The second-order valence-electron chi connectivity index (χ2n) is 3.59. The van der Waals surface area contributed by atoms with Crippen molar-refractivity contribution in [1.29, 1.82) is 0 Å². The van der Waals surface area contributed by atoms with Crippen LogP contribution in [0.4, 0.5) is 10.7 Å². The molecule has 0 bridgehead atoms. The van der Waals surface area contributed by atoms with Gasteiger partial charge in [0.2, 0.25) is 9.68 Å². The summed E-state index contributed by atoms with van der Waals surface area (Å²) in [6.45, 7) is 3.54. The van der Waals surface area contributed by atoms with Gasteiger partial charge in [-0.3, -0.25) is 5.32 Å². The molecule has 0 saturated carbocycles. The zero-order chi connectivity index (χ0) is 13.1. The summed E-state index contributed by atoms with van der Waals surface area (Å²) < 4.78 is 7.88. The Bertz CT molecular complexity index is 387. The standard InChI is InChI=1S/C9H11Cl3N2O3/c1-5(2)6-3-7(17-14-6)13-8(15)16-4-9(10,11)12/h3,5H,4H2,1-2H3,(H,13,15). The van der Waals surface area contributed by atoms with Crippen LogP contribution in [0.3, 0.4) is 0 Å². The number of halogens is 3. The molecule has 0 aromatic carbocycles. The van der Waals surface area contributed by atoms with Crippen molar-refractivity contribution in [2.75, 3.05) is 11.9 Å². The first-order chi connectivity index (χ1) is 7.78. The Balaban J connectivity index is 2.45. The third-order valence-electron chi connectivity index (χ3n) is 1.71. The fraction of sp³-hybridized carbons (Fsp3) is 0.556. The molecule has 0 radical (unpaired) electrons. The van der Waals surface area contributed by atoms with Gasteiger partial charge in [0.05, 0.1) is 5.69 Å². The van der Waals surface area contributed by atoms with Crippen LogP contribution in [0, 0.1) is 0 Å². The summed E-state index contributed by atoms with van der Waals surface area (Å²) in [5, 5.41) is 6.08. The quantitative estimate of drug-likeness (QED) is 0.864. The average molecular weight is 302 g/mol. The Hall–Kier alpha value is -0.650. The van der Waals surface area contributed by atoms with Crippen LogP contribution >= 0.6 is 34.8 Å². The van der Waals surface area contributed by atoms with Gasteiger partial charge in [-0.25, -0.2) is 4.79 Å². The molecule has 0 aliphatic carbocycles. The normalized spacial score (nSPS) is 11.6. The molecular formula is C9H11Cl3N2O3. The Labute approximate surface area is 113 Å². The van der Waals surface area contributed by atoms with Gasteiger partial charge in [-0.2, -0.15) is 0 Å². The number of hydrogen-bond acceptors (Lipinski definition) is 4. The molecule has 0 aliphatic rings. The van der Waals surface area contributed by atoms with Crippen molar-refractivity contribution in [3.8, 4) is 0 Å². The molecule has 1 aromatic heterocycles. The third-order valence-corrected chi connectivity index (χ3v) is 2.04. The van der Waals surface area contributed by atoms with Crippen LogP contribution in [0.1, 0.15) is 25.5 Å². The topological polar surface area (TPSA) is 64.4 Å². The fourth-order valence-electron chi connectivity index (χ4n) is 0.904. The lowest BCUT2D eigenvalue weighted by Crippen LogP contribution is -2.21. The molecule has 0 spiro atoms. The van der Waals surface area contributed by atoms with E-state index in [-0.39, 0.29) is 18.4 Å². The summed E-state index contributed by atoms with van der Waals surface area (Å²) in [6, 6.07) is 1.60. The zero-order valence-electron chi connectivity index (χ0n) is 9.17. The van der Waals surface area contributed by atoms with Crippen LogP contribution in [0.5, 0.6) is 0 Å². The van der Waals surface area contributed by atoms with Gasteiger partial charge < -0.3 is 9.26 Å². The Morgan fingerprint density at radius 1 is 1.59 bits per heavy atom. The lowest BCUT2D eigenvalue weighted by Gasteiger charge is -2.10. The van der Waals surface area contributed by atoms with E-state index in [1.807, 2.05) is 13.8 Å². The molecule has 1 N–H and O–H groups in total. The summed E-state index contributed by atoms with van der Waals surface area (Å²) in [5.74, 6) is 0.384. The largest absolute Gasteiger partial charge is 0.445 e. The van der Waals surface area contributed by atoms with Crippen LogP contribution < -0.4 is 5.32 Å². The highest BCUT2D eigenvalue weighted by molar-refractivity contribution is 6.67. The van der Waals surface area contributed by atoms with E-state index in [1.54, 1.807) is 6.07 Å². The predicted octanol–water partition coefficient (Wildman–Crippen LogP) is 3.72. The van der Waals surface area contributed by atoms with Gasteiger partial charge >= 0.3 is 6.09 Å². The monoisotopic (exact) mass is 300 g/mol. The Morgan fingerprint density at radius 3 is 2.71 bits per heavy atom. The molecule has 1 heterocycles. The fourth-order valence-corrected chi connectivity index (χ4v) is 1.07. The van der Waals surface area contributed by atoms with Gasteiger partial charge in [-0.1, -0.05) is 53.8 Å². The number of ether oxygens (including phenoxy) is 1. The van der Waals surface area contributed by atoms with E-state index in [9.17, 15) is 4.79 Å². The minimum absolute atomic E-state index is 0.183. The number of rotatable bonds is 3. The summed E-state index contributed by atoms with van der Waals surface area (Å²) in [7, 11) is 0. The lowest BCUT2D eigenvalue weighted by molar-refractivity contribution is 0.163. The van der Waals surface area contributed by atoms with Crippen LogP contribution in [0.15, 0.2) is 10.6 Å². The maximum absolute atomic E-state index is 11.2. The van der Waals surface area contributed by atoms with Crippen molar-refractivity contribution >= 4 is 46.8 Å². The summed E-state index contributed by atoms with van der Waals surface area (Å²) in [4.78, 5) is 11.2. The number of aromatic nitrogens is 1. The molecule has 8 heteroatoms. The van der Waals surface area contributed by atoms with E-state index >= 15 is 0 Å². The Morgan fingerprint density at radius 2 is 2.24 bits per heavy atom. The first-order valence-corrected chi connectivity index (χ1v) is 5.88. The van der Waals surface area contributed by atoms with Gasteiger partial charge in [0, 0.05) is 6.07 Å². The summed E-state index contributed by atoms with van der Waals surface area (Å²) >= 11 is 16.2. The van der Waals surface area contributed by atoms with Crippen LogP contribution in [-0.2, 0) is 4.74 Å². The number of hydrogen-bond donors (Lipinski definition) is 1. The highest BCUT2D eigenvalue weighted by Gasteiger charge is 2.22. The first-order valence-electron chi connectivity index (χ1n) is 4.75. The predicted molar refractivity (Wildman–Crippen MR) is 65.9 cm³/mol. The highest BCUT2D eigenvalue weighted by atomic mass is 35.6.